The van der Waals surface area contributed by atoms with Gasteiger partial charge in [-0.15, -0.1) is 22.7 Å². The van der Waals surface area contributed by atoms with E-state index in [-0.39, 0.29) is 5.41 Å². The third kappa shape index (κ3) is 2.05. The van der Waals surface area contributed by atoms with Crippen molar-refractivity contribution in [2.45, 2.75) is 26.2 Å². The number of thiazole rings is 1. The van der Waals surface area contributed by atoms with Gasteiger partial charge in [-0.05, 0) is 18.4 Å². The zero-order valence-corrected chi connectivity index (χ0v) is 11.4. The molecule has 0 aromatic carbocycles. The molecular formula is C12H16N2S2. The van der Waals surface area contributed by atoms with Crippen molar-refractivity contribution in [3.05, 3.63) is 27.4 Å². The summed E-state index contributed by atoms with van der Waals surface area (Å²) in [6.07, 6.45) is 0. The molecule has 2 aromatic heterocycles. The summed E-state index contributed by atoms with van der Waals surface area (Å²) in [5.41, 5.74) is 6.88. The Morgan fingerprint density at radius 2 is 2.19 bits per heavy atom. The summed E-state index contributed by atoms with van der Waals surface area (Å²) in [4.78, 5) is 7.26. The van der Waals surface area contributed by atoms with E-state index >= 15 is 0 Å². The molecule has 0 fully saturated rings. The number of hydrogen-bond donors (Lipinski definition) is 1. The molecule has 0 aliphatic rings. The van der Waals surface area contributed by atoms with E-state index < -0.39 is 0 Å². The summed E-state index contributed by atoms with van der Waals surface area (Å²) in [5, 5.41) is 3.22. The summed E-state index contributed by atoms with van der Waals surface area (Å²) in [7, 11) is 0. The first-order valence-electron chi connectivity index (χ1n) is 5.26. The molecule has 0 spiro atoms. The Balaban J connectivity index is 2.44. The average molecular weight is 252 g/mol. The molecule has 2 heterocycles. The smallest absolute Gasteiger partial charge is 0.100 e. The van der Waals surface area contributed by atoms with Crippen LogP contribution in [0.15, 0.2) is 17.5 Å². The van der Waals surface area contributed by atoms with Gasteiger partial charge in [-0.2, -0.15) is 0 Å². The fraction of sp³-hybridized carbons (Fsp3) is 0.417. The van der Waals surface area contributed by atoms with Crippen molar-refractivity contribution >= 4 is 22.7 Å². The molecule has 2 aromatic rings. The number of aromatic nitrogens is 1. The molecule has 0 aliphatic carbocycles. The van der Waals surface area contributed by atoms with Crippen LogP contribution < -0.4 is 5.73 Å². The van der Waals surface area contributed by atoms with Gasteiger partial charge >= 0.3 is 0 Å². The van der Waals surface area contributed by atoms with Crippen LogP contribution in [0, 0.1) is 6.92 Å². The zero-order chi connectivity index (χ0) is 11.8. The van der Waals surface area contributed by atoms with E-state index in [9.17, 15) is 0 Å². The fourth-order valence-corrected chi connectivity index (χ4v) is 3.29. The molecule has 2 nitrogen and oxygen atoms in total. The van der Waals surface area contributed by atoms with Gasteiger partial charge in [-0.1, -0.05) is 19.9 Å². The van der Waals surface area contributed by atoms with E-state index in [1.807, 2.05) is 0 Å². The van der Waals surface area contributed by atoms with Crippen molar-refractivity contribution in [3.63, 3.8) is 0 Å². The van der Waals surface area contributed by atoms with Crippen LogP contribution in [0.2, 0.25) is 0 Å². The van der Waals surface area contributed by atoms with Gasteiger partial charge in [0.05, 0.1) is 10.6 Å². The molecule has 16 heavy (non-hydrogen) atoms. The Kier molecular flexibility index (Phi) is 3.15. The van der Waals surface area contributed by atoms with Gasteiger partial charge in [0.15, 0.2) is 0 Å². The highest BCUT2D eigenvalue weighted by atomic mass is 32.1. The number of nitrogens with zero attached hydrogens (tertiary/aromatic N) is 1. The first kappa shape index (κ1) is 11.8. The standard InChI is InChI=1S/C12H16N2S2/c1-8-10(9-5-4-6-15-9)14-11(16-8)12(2,3)7-13/h4-6H,7,13H2,1-3H3. The lowest BCUT2D eigenvalue weighted by molar-refractivity contribution is 0.536. The Morgan fingerprint density at radius 1 is 1.44 bits per heavy atom. The van der Waals surface area contributed by atoms with Crippen LogP contribution >= 0.6 is 22.7 Å². The quantitative estimate of drug-likeness (QED) is 0.909. The van der Waals surface area contributed by atoms with E-state index in [4.69, 9.17) is 10.7 Å². The highest BCUT2D eigenvalue weighted by molar-refractivity contribution is 7.15. The van der Waals surface area contributed by atoms with Crippen LogP contribution in [0.5, 0.6) is 0 Å². The van der Waals surface area contributed by atoms with Crippen LogP contribution in [0.1, 0.15) is 23.7 Å². The van der Waals surface area contributed by atoms with Crippen molar-refractivity contribution < 1.29 is 0 Å². The van der Waals surface area contributed by atoms with Crippen LogP contribution in [-0.2, 0) is 5.41 Å². The van der Waals surface area contributed by atoms with Crippen molar-refractivity contribution in [1.82, 2.24) is 4.98 Å². The second-order valence-corrected chi connectivity index (χ2v) is 6.64. The fourth-order valence-electron chi connectivity index (χ4n) is 1.42. The third-order valence-corrected chi connectivity index (χ3v) is 4.85. The van der Waals surface area contributed by atoms with E-state index in [0.717, 1.165) is 10.7 Å². The monoisotopic (exact) mass is 252 g/mol. The summed E-state index contributed by atoms with van der Waals surface area (Å²) >= 11 is 3.49. The van der Waals surface area contributed by atoms with Gasteiger partial charge in [-0.25, -0.2) is 4.98 Å². The van der Waals surface area contributed by atoms with Gasteiger partial charge in [0.25, 0.3) is 0 Å². The summed E-state index contributed by atoms with van der Waals surface area (Å²) < 4.78 is 0. The molecule has 0 saturated heterocycles. The Bertz CT molecular complexity index is 469. The average Bonchev–Trinajstić information content (AvgIpc) is 2.86. The number of hydrogen-bond acceptors (Lipinski definition) is 4. The van der Waals surface area contributed by atoms with Crippen LogP contribution in [0.3, 0.4) is 0 Å². The molecule has 0 atom stereocenters. The minimum Gasteiger partial charge on any atom is -0.330 e. The third-order valence-electron chi connectivity index (χ3n) is 2.64. The van der Waals surface area contributed by atoms with Crippen molar-refractivity contribution in [1.29, 1.82) is 0 Å². The predicted molar refractivity (Wildman–Crippen MR) is 72.2 cm³/mol. The normalized spacial score (nSPS) is 12.0. The summed E-state index contributed by atoms with van der Waals surface area (Å²) in [6.45, 7) is 7.04. The molecule has 0 saturated carbocycles. The van der Waals surface area contributed by atoms with Gasteiger partial charge in [0, 0.05) is 16.8 Å². The molecule has 0 aliphatic heterocycles. The number of thiophene rings is 1. The van der Waals surface area contributed by atoms with Crippen molar-refractivity contribution in [2.75, 3.05) is 6.54 Å². The Labute approximate surface area is 104 Å². The summed E-state index contributed by atoms with van der Waals surface area (Å²) in [6, 6.07) is 4.18. The second kappa shape index (κ2) is 4.28. The van der Waals surface area contributed by atoms with Crippen LogP contribution in [0.4, 0.5) is 0 Å². The van der Waals surface area contributed by atoms with Crippen molar-refractivity contribution in [2.24, 2.45) is 5.73 Å². The minimum atomic E-state index is -0.0229. The maximum Gasteiger partial charge on any atom is 0.100 e. The molecule has 0 radical (unpaired) electrons. The maximum absolute atomic E-state index is 5.79. The lowest BCUT2D eigenvalue weighted by Crippen LogP contribution is -2.27. The largest absolute Gasteiger partial charge is 0.330 e. The van der Waals surface area contributed by atoms with E-state index in [2.05, 4.69) is 38.3 Å². The number of rotatable bonds is 3. The maximum atomic E-state index is 5.79. The van der Waals surface area contributed by atoms with E-state index in [1.54, 1.807) is 22.7 Å². The van der Waals surface area contributed by atoms with Gasteiger partial charge < -0.3 is 5.73 Å². The van der Waals surface area contributed by atoms with E-state index in [1.165, 1.54) is 9.75 Å². The molecule has 2 rings (SSSR count). The van der Waals surface area contributed by atoms with Gasteiger partial charge in [0.2, 0.25) is 0 Å². The van der Waals surface area contributed by atoms with Crippen LogP contribution in [0.25, 0.3) is 10.6 Å². The summed E-state index contributed by atoms with van der Waals surface area (Å²) in [5.74, 6) is 0. The lowest BCUT2D eigenvalue weighted by Gasteiger charge is -2.18. The first-order chi connectivity index (χ1) is 7.54. The van der Waals surface area contributed by atoms with Gasteiger partial charge in [-0.3, -0.25) is 0 Å². The zero-order valence-electron chi connectivity index (χ0n) is 9.78. The van der Waals surface area contributed by atoms with Gasteiger partial charge in [0.1, 0.15) is 5.01 Å². The number of nitrogens with two attached hydrogens (primary N) is 1. The first-order valence-corrected chi connectivity index (χ1v) is 6.96. The van der Waals surface area contributed by atoms with Crippen molar-refractivity contribution in [3.8, 4) is 10.6 Å². The molecular weight excluding hydrogens is 236 g/mol. The number of aryl methyl sites for hydroxylation is 1. The Morgan fingerprint density at radius 3 is 2.75 bits per heavy atom. The molecule has 0 unspecified atom stereocenters. The highest BCUT2D eigenvalue weighted by Gasteiger charge is 2.24. The molecule has 86 valence electrons. The predicted octanol–water partition coefficient (Wildman–Crippen LogP) is 3.42. The SMILES string of the molecule is Cc1sc(C(C)(C)CN)nc1-c1cccs1. The molecule has 4 heteroatoms. The topological polar surface area (TPSA) is 38.9 Å². The lowest BCUT2D eigenvalue weighted by atomic mass is 9.95. The molecule has 0 bridgehead atoms. The molecule has 2 N–H and O–H groups in total. The molecule has 0 amide bonds. The highest BCUT2D eigenvalue weighted by Crippen LogP contribution is 2.35. The van der Waals surface area contributed by atoms with Crippen LogP contribution in [-0.4, -0.2) is 11.5 Å². The minimum absolute atomic E-state index is 0.0229. The Hall–Kier alpha value is -0.710. The second-order valence-electron chi connectivity index (χ2n) is 4.49. The van der Waals surface area contributed by atoms with E-state index in [0.29, 0.717) is 6.54 Å².